The summed E-state index contributed by atoms with van der Waals surface area (Å²) in [7, 11) is -4.30. The zero-order chi connectivity index (χ0) is 28.7. The second-order valence-corrected chi connectivity index (χ2v) is 12.7. The van der Waals surface area contributed by atoms with E-state index in [9.17, 15) is 26.4 Å². The maximum Gasteiger partial charge on any atom is 0.256 e. The maximum absolute atomic E-state index is 12.4. The standard InChI is InChI=1S/C18H15N3O3S.C9H10N2O3S/c1-19-25(23,24)12-6-7-17-14(9-12)15(18(22)21-17)8-11-10-20-16-5-3-2-4-13(11)16;1-10-15(13,14)7-2-3-8-6(4-7)5-9(12)11-8/h2-10,19-20H,1H3,(H,21,22);2-4,10H,5H2,1H3,(H,11,12). The normalized spacial score (nSPS) is 15.3. The summed E-state index contributed by atoms with van der Waals surface area (Å²) in [6, 6.07) is 17.0. The topological polar surface area (TPSA) is 166 Å². The third-order valence-corrected chi connectivity index (χ3v) is 9.38. The molecule has 0 unspecified atom stereocenters. The van der Waals surface area contributed by atoms with Crippen molar-refractivity contribution in [1.29, 1.82) is 0 Å². The molecule has 0 aliphatic carbocycles. The van der Waals surface area contributed by atoms with Crippen LogP contribution in [-0.4, -0.2) is 47.7 Å². The summed E-state index contributed by atoms with van der Waals surface area (Å²) < 4.78 is 51.5. The second kappa shape index (κ2) is 10.4. The number of benzene rings is 3. The first kappa shape index (κ1) is 27.3. The molecule has 6 rings (SSSR count). The minimum absolute atomic E-state index is 0.107. The number of rotatable bonds is 5. The average molecular weight is 580 g/mol. The first-order chi connectivity index (χ1) is 19.0. The van der Waals surface area contributed by atoms with Crippen LogP contribution in [0.15, 0.2) is 76.7 Å². The number of sulfonamides is 2. The van der Waals surface area contributed by atoms with Gasteiger partial charge in [0.25, 0.3) is 5.91 Å². The Labute approximate surface area is 230 Å². The summed E-state index contributed by atoms with van der Waals surface area (Å²) in [5, 5.41) is 6.41. The lowest BCUT2D eigenvalue weighted by molar-refractivity contribution is -0.115. The van der Waals surface area contributed by atoms with Crippen LogP contribution in [-0.2, 0) is 36.1 Å². The summed E-state index contributed by atoms with van der Waals surface area (Å²) in [6.45, 7) is 0. The van der Waals surface area contributed by atoms with Gasteiger partial charge in [-0.1, -0.05) is 18.2 Å². The Kier molecular flexibility index (Phi) is 7.06. The van der Waals surface area contributed by atoms with Crippen molar-refractivity contribution in [2.24, 2.45) is 0 Å². The van der Waals surface area contributed by atoms with Crippen molar-refractivity contribution in [2.75, 3.05) is 24.7 Å². The Morgan fingerprint density at radius 1 is 0.800 bits per heavy atom. The van der Waals surface area contributed by atoms with Crippen molar-refractivity contribution < 1.29 is 26.4 Å². The number of anilines is 2. The lowest BCUT2D eigenvalue weighted by atomic mass is 10.0. The van der Waals surface area contributed by atoms with Crippen LogP contribution < -0.4 is 20.1 Å². The van der Waals surface area contributed by atoms with Crippen molar-refractivity contribution >= 4 is 65.8 Å². The van der Waals surface area contributed by atoms with Crippen LogP contribution in [0.5, 0.6) is 0 Å². The lowest BCUT2D eigenvalue weighted by Crippen LogP contribution is -2.18. The molecular weight excluding hydrogens is 554 g/mol. The van der Waals surface area contributed by atoms with Gasteiger partial charge in [-0.15, -0.1) is 0 Å². The highest BCUT2D eigenvalue weighted by molar-refractivity contribution is 7.89. The minimum Gasteiger partial charge on any atom is -0.361 e. The Morgan fingerprint density at radius 3 is 2.15 bits per heavy atom. The number of carbonyl (C=O) groups excluding carboxylic acids is 2. The first-order valence-electron chi connectivity index (χ1n) is 12.1. The van der Waals surface area contributed by atoms with E-state index in [1.165, 1.54) is 38.4 Å². The molecule has 2 aliphatic rings. The monoisotopic (exact) mass is 579 g/mol. The van der Waals surface area contributed by atoms with E-state index in [4.69, 9.17) is 0 Å². The third kappa shape index (κ3) is 5.14. The molecule has 0 bridgehead atoms. The number of fused-ring (bicyclic) bond motifs is 3. The van der Waals surface area contributed by atoms with Crippen LogP contribution in [0.2, 0.25) is 0 Å². The predicted molar refractivity (Wildman–Crippen MR) is 153 cm³/mol. The fourth-order valence-electron chi connectivity index (χ4n) is 4.46. The first-order valence-corrected chi connectivity index (χ1v) is 15.0. The number of aromatic amines is 1. The largest absolute Gasteiger partial charge is 0.361 e. The average Bonchev–Trinajstić information content (AvgIpc) is 3.62. The lowest BCUT2D eigenvalue weighted by Gasteiger charge is -2.05. The van der Waals surface area contributed by atoms with Gasteiger partial charge in [0, 0.05) is 45.2 Å². The van der Waals surface area contributed by atoms with E-state index in [2.05, 4.69) is 25.1 Å². The molecule has 40 heavy (non-hydrogen) atoms. The van der Waals surface area contributed by atoms with Crippen molar-refractivity contribution in [3.63, 3.8) is 0 Å². The highest BCUT2D eigenvalue weighted by Crippen LogP contribution is 2.35. The maximum atomic E-state index is 12.4. The van der Waals surface area contributed by atoms with Crippen LogP contribution in [0.3, 0.4) is 0 Å². The number of para-hydroxylation sites is 1. The van der Waals surface area contributed by atoms with Crippen LogP contribution in [0.1, 0.15) is 16.7 Å². The molecule has 5 N–H and O–H groups in total. The highest BCUT2D eigenvalue weighted by atomic mass is 32.2. The molecule has 3 aromatic carbocycles. The van der Waals surface area contributed by atoms with Gasteiger partial charge in [-0.3, -0.25) is 9.59 Å². The Morgan fingerprint density at radius 2 is 1.45 bits per heavy atom. The van der Waals surface area contributed by atoms with Gasteiger partial charge in [0.1, 0.15) is 0 Å². The van der Waals surface area contributed by atoms with E-state index < -0.39 is 20.0 Å². The third-order valence-electron chi connectivity index (χ3n) is 6.55. The number of hydrogen-bond donors (Lipinski definition) is 5. The van der Waals surface area contributed by atoms with Gasteiger partial charge in [0.2, 0.25) is 26.0 Å². The fourth-order valence-corrected chi connectivity index (χ4v) is 5.99. The Bertz CT molecular complexity index is 1930. The van der Waals surface area contributed by atoms with E-state index in [1.807, 2.05) is 30.5 Å². The van der Waals surface area contributed by atoms with Crippen LogP contribution in [0.25, 0.3) is 22.6 Å². The molecule has 0 fully saturated rings. The van der Waals surface area contributed by atoms with Gasteiger partial charge in [-0.25, -0.2) is 26.3 Å². The molecule has 4 aromatic rings. The molecule has 206 valence electrons. The minimum atomic E-state index is -3.58. The van der Waals surface area contributed by atoms with Gasteiger partial charge in [0.15, 0.2) is 0 Å². The quantitative estimate of drug-likeness (QED) is 0.228. The van der Waals surface area contributed by atoms with Crippen molar-refractivity contribution in [3.8, 4) is 0 Å². The van der Waals surface area contributed by atoms with Gasteiger partial charge in [-0.2, -0.15) is 0 Å². The number of H-pyrrole nitrogens is 1. The molecule has 2 aliphatic heterocycles. The van der Waals surface area contributed by atoms with Crippen molar-refractivity contribution in [1.82, 2.24) is 14.4 Å². The van der Waals surface area contributed by atoms with Crippen LogP contribution in [0, 0.1) is 0 Å². The summed E-state index contributed by atoms with van der Waals surface area (Å²) in [5.74, 6) is -0.358. The van der Waals surface area contributed by atoms with Crippen molar-refractivity contribution in [3.05, 3.63) is 83.6 Å². The molecule has 0 atom stereocenters. The zero-order valence-corrected chi connectivity index (χ0v) is 23.0. The van der Waals surface area contributed by atoms with Crippen LogP contribution in [0.4, 0.5) is 11.4 Å². The highest BCUT2D eigenvalue weighted by Gasteiger charge is 2.26. The fraction of sp³-hybridized carbons (Fsp3) is 0.111. The zero-order valence-electron chi connectivity index (χ0n) is 21.4. The summed E-state index contributed by atoms with van der Waals surface area (Å²) in [5.41, 5.74) is 4.87. The summed E-state index contributed by atoms with van der Waals surface area (Å²) in [6.07, 6.45) is 3.84. The summed E-state index contributed by atoms with van der Waals surface area (Å²) in [4.78, 5) is 26.9. The molecular formula is C27H25N5O6S2. The molecule has 1 aromatic heterocycles. The van der Waals surface area contributed by atoms with E-state index in [0.29, 0.717) is 22.5 Å². The van der Waals surface area contributed by atoms with Gasteiger partial charge >= 0.3 is 0 Å². The number of hydrogen-bond acceptors (Lipinski definition) is 6. The SMILES string of the molecule is CNS(=O)(=O)c1ccc2c(c1)C(=Cc1c[nH]c3ccccc13)C(=O)N2.CNS(=O)(=O)c1ccc2c(c1)CC(=O)N2. The Balaban J connectivity index is 0.000000184. The van der Waals surface area contributed by atoms with E-state index in [1.54, 1.807) is 18.2 Å². The van der Waals surface area contributed by atoms with Crippen LogP contribution >= 0.6 is 0 Å². The van der Waals surface area contributed by atoms with Gasteiger partial charge in [-0.05, 0) is 68.2 Å². The molecule has 13 heteroatoms. The molecule has 3 heterocycles. The molecule has 0 radical (unpaired) electrons. The molecule has 0 saturated heterocycles. The summed E-state index contributed by atoms with van der Waals surface area (Å²) >= 11 is 0. The number of aromatic nitrogens is 1. The second-order valence-electron chi connectivity index (χ2n) is 8.97. The number of carbonyl (C=O) groups is 2. The Hall–Kier alpha value is -4.30. The van der Waals surface area contributed by atoms with E-state index in [-0.39, 0.29) is 28.0 Å². The molecule has 0 saturated carbocycles. The van der Waals surface area contributed by atoms with E-state index >= 15 is 0 Å². The van der Waals surface area contributed by atoms with Gasteiger partial charge < -0.3 is 15.6 Å². The van der Waals surface area contributed by atoms with E-state index in [0.717, 1.165) is 22.0 Å². The predicted octanol–water partition coefficient (Wildman–Crippen LogP) is 2.66. The molecule has 11 nitrogen and oxygen atoms in total. The number of nitrogens with one attached hydrogen (secondary N) is 5. The number of amides is 2. The molecule has 2 amide bonds. The van der Waals surface area contributed by atoms with Crippen molar-refractivity contribution in [2.45, 2.75) is 16.2 Å². The smallest absolute Gasteiger partial charge is 0.256 e. The van der Waals surface area contributed by atoms with Gasteiger partial charge in [0.05, 0.1) is 16.2 Å². The molecule has 0 spiro atoms.